The van der Waals surface area contributed by atoms with Gasteiger partial charge in [0, 0.05) is 17.3 Å². The van der Waals surface area contributed by atoms with Crippen LogP contribution in [0.5, 0.6) is 5.75 Å². The van der Waals surface area contributed by atoms with Crippen molar-refractivity contribution in [3.8, 4) is 5.75 Å². The van der Waals surface area contributed by atoms with Crippen molar-refractivity contribution in [3.05, 3.63) is 35.9 Å². The van der Waals surface area contributed by atoms with Crippen molar-refractivity contribution in [1.82, 2.24) is 0 Å². The number of fused-ring (bicyclic) bond motifs is 1. The second-order valence-corrected chi connectivity index (χ2v) is 3.56. The number of para-hydroxylation sites is 1. The number of rotatable bonds is 1. The summed E-state index contributed by atoms with van der Waals surface area (Å²) in [6.07, 6.45) is 3.23. The molecule has 0 N–H and O–H groups in total. The van der Waals surface area contributed by atoms with Gasteiger partial charge in [0.15, 0.2) is 0 Å². The van der Waals surface area contributed by atoms with E-state index in [9.17, 15) is 0 Å². The van der Waals surface area contributed by atoms with Crippen molar-refractivity contribution < 1.29 is 4.74 Å². The minimum Gasteiger partial charge on any atom is -0.493 e. The van der Waals surface area contributed by atoms with Crippen molar-refractivity contribution in [2.75, 3.05) is 11.9 Å². The molecule has 1 aliphatic rings. The van der Waals surface area contributed by atoms with E-state index in [1.807, 2.05) is 18.2 Å². The molecule has 0 spiro atoms. The zero-order valence-electron chi connectivity index (χ0n) is 7.29. The maximum absolute atomic E-state index is 5.61. The van der Waals surface area contributed by atoms with E-state index in [0.29, 0.717) is 0 Å². The molecule has 1 aromatic carbocycles. The summed E-state index contributed by atoms with van der Waals surface area (Å²) < 4.78 is 5.61. The van der Waals surface area contributed by atoms with E-state index in [1.54, 1.807) is 0 Å². The van der Waals surface area contributed by atoms with Crippen LogP contribution in [0.1, 0.15) is 12.0 Å². The smallest absolute Gasteiger partial charge is 0.126 e. The maximum Gasteiger partial charge on any atom is 0.126 e. The third-order valence-electron chi connectivity index (χ3n) is 2.14. The van der Waals surface area contributed by atoms with E-state index in [-0.39, 0.29) is 0 Å². The molecule has 1 heterocycles. The number of allylic oxidation sites excluding steroid dienone is 1. The molecule has 2 heteroatoms. The average Bonchev–Trinajstić information content (AvgIpc) is 2.39. The van der Waals surface area contributed by atoms with Gasteiger partial charge in [-0.15, -0.1) is 0 Å². The summed E-state index contributed by atoms with van der Waals surface area (Å²) in [5, 5.41) is 0.896. The fourth-order valence-corrected chi connectivity index (χ4v) is 2.03. The van der Waals surface area contributed by atoms with Crippen LogP contribution in [0.4, 0.5) is 0 Å². The van der Waals surface area contributed by atoms with Gasteiger partial charge in [-0.05, 0) is 11.6 Å². The molecule has 0 radical (unpaired) electrons. The van der Waals surface area contributed by atoms with Gasteiger partial charge in [-0.25, -0.2) is 0 Å². The predicted octanol–water partition coefficient (Wildman–Crippen LogP) is 3.25. The molecular weight excluding hydrogens is 228 g/mol. The number of ether oxygens (including phenoxy) is 1. The van der Waals surface area contributed by atoms with Crippen LogP contribution in [0.15, 0.2) is 30.3 Å². The second kappa shape index (κ2) is 3.97. The van der Waals surface area contributed by atoms with E-state index in [4.69, 9.17) is 4.74 Å². The van der Waals surface area contributed by atoms with Gasteiger partial charge < -0.3 is 4.74 Å². The van der Waals surface area contributed by atoms with Crippen LogP contribution in [0.25, 0.3) is 5.57 Å². The average molecular weight is 239 g/mol. The van der Waals surface area contributed by atoms with Crippen molar-refractivity contribution >= 4 is 21.5 Å². The Morgan fingerprint density at radius 2 is 2.15 bits per heavy atom. The molecule has 1 aromatic rings. The van der Waals surface area contributed by atoms with Crippen molar-refractivity contribution in [1.29, 1.82) is 0 Å². The number of benzene rings is 1. The minimum absolute atomic E-state index is 0.785. The summed E-state index contributed by atoms with van der Waals surface area (Å²) in [6.45, 7) is 0.785. The lowest BCUT2D eigenvalue weighted by Crippen LogP contribution is -1.94. The minimum atomic E-state index is 0.785. The topological polar surface area (TPSA) is 9.23 Å². The number of hydrogen-bond acceptors (Lipinski definition) is 1. The molecule has 0 bridgehead atoms. The quantitative estimate of drug-likeness (QED) is 0.683. The van der Waals surface area contributed by atoms with Crippen LogP contribution < -0.4 is 4.74 Å². The van der Waals surface area contributed by atoms with Gasteiger partial charge in [0.1, 0.15) is 5.75 Å². The lowest BCUT2D eigenvalue weighted by atomic mass is 10.1. The van der Waals surface area contributed by atoms with Crippen LogP contribution in [-0.2, 0) is 0 Å². The van der Waals surface area contributed by atoms with Gasteiger partial charge in [0.05, 0.1) is 6.61 Å². The number of alkyl halides is 1. The van der Waals surface area contributed by atoms with Crippen molar-refractivity contribution in [2.45, 2.75) is 6.42 Å². The molecule has 0 aliphatic carbocycles. The normalized spacial score (nSPS) is 15.3. The summed E-state index contributed by atoms with van der Waals surface area (Å²) >= 11 is 3.49. The highest BCUT2D eigenvalue weighted by molar-refractivity contribution is 9.09. The first-order valence-electron chi connectivity index (χ1n) is 4.39. The Morgan fingerprint density at radius 3 is 3.00 bits per heavy atom. The summed E-state index contributed by atoms with van der Waals surface area (Å²) in [5.41, 5.74) is 2.55. The Balaban J connectivity index is 2.47. The van der Waals surface area contributed by atoms with Crippen LogP contribution in [0.3, 0.4) is 0 Å². The Labute approximate surface area is 86.5 Å². The zero-order chi connectivity index (χ0) is 9.10. The molecule has 68 valence electrons. The fourth-order valence-electron chi connectivity index (χ4n) is 1.50. The highest BCUT2D eigenvalue weighted by atomic mass is 79.9. The number of halogens is 1. The largest absolute Gasteiger partial charge is 0.493 e. The lowest BCUT2D eigenvalue weighted by Gasteiger charge is -2.07. The van der Waals surface area contributed by atoms with Crippen LogP contribution in [-0.4, -0.2) is 11.9 Å². The van der Waals surface area contributed by atoms with Crippen molar-refractivity contribution in [3.63, 3.8) is 0 Å². The molecule has 0 amide bonds. The van der Waals surface area contributed by atoms with Crippen LogP contribution in [0, 0.1) is 0 Å². The summed E-state index contributed by atoms with van der Waals surface area (Å²) in [7, 11) is 0. The SMILES string of the molecule is BrCC1=CCCOc2ccccc21. The molecule has 1 aliphatic heterocycles. The number of hydrogen-bond donors (Lipinski definition) is 0. The Morgan fingerprint density at radius 1 is 1.31 bits per heavy atom. The highest BCUT2D eigenvalue weighted by Crippen LogP contribution is 2.29. The fraction of sp³-hybridized carbons (Fsp3) is 0.273. The predicted molar refractivity (Wildman–Crippen MR) is 58.3 cm³/mol. The van der Waals surface area contributed by atoms with Crippen LogP contribution >= 0.6 is 15.9 Å². The van der Waals surface area contributed by atoms with E-state index in [2.05, 4.69) is 28.1 Å². The third kappa shape index (κ3) is 1.78. The Kier molecular flexibility index (Phi) is 2.69. The standard InChI is InChI=1S/C11H11BrO/c12-8-9-4-3-7-13-11-6-2-1-5-10(9)11/h1-2,4-6H,3,7-8H2. The van der Waals surface area contributed by atoms with E-state index in [0.717, 1.165) is 24.1 Å². The Hall–Kier alpha value is -0.760. The van der Waals surface area contributed by atoms with Gasteiger partial charge in [-0.3, -0.25) is 0 Å². The lowest BCUT2D eigenvalue weighted by molar-refractivity contribution is 0.326. The molecule has 0 saturated carbocycles. The van der Waals surface area contributed by atoms with Gasteiger partial charge in [0.2, 0.25) is 0 Å². The Bertz CT molecular complexity index is 331. The van der Waals surface area contributed by atoms with Gasteiger partial charge in [0.25, 0.3) is 0 Å². The molecular formula is C11H11BrO. The molecule has 0 atom stereocenters. The first-order valence-corrected chi connectivity index (χ1v) is 5.51. The van der Waals surface area contributed by atoms with Gasteiger partial charge in [-0.2, -0.15) is 0 Å². The monoisotopic (exact) mass is 238 g/mol. The van der Waals surface area contributed by atoms with E-state index >= 15 is 0 Å². The first-order chi connectivity index (χ1) is 6.42. The van der Waals surface area contributed by atoms with Gasteiger partial charge in [-0.1, -0.05) is 40.2 Å². The van der Waals surface area contributed by atoms with E-state index in [1.165, 1.54) is 11.1 Å². The molecule has 0 fully saturated rings. The van der Waals surface area contributed by atoms with E-state index < -0.39 is 0 Å². The van der Waals surface area contributed by atoms with Crippen LogP contribution in [0.2, 0.25) is 0 Å². The summed E-state index contributed by atoms with van der Waals surface area (Å²) in [4.78, 5) is 0. The first kappa shape index (κ1) is 8.82. The highest BCUT2D eigenvalue weighted by Gasteiger charge is 2.09. The molecule has 13 heavy (non-hydrogen) atoms. The van der Waals surface area contributed by atoms with Gasteiger partial charge >= 0.3 is 0 Å². The summed E-state index contributed by atoms with van der Waals surface area (Å²) in [5.74, 6) is 1.01. The molecule has 0 unspecified atom stereocenters. The van der Waals surface area contributed by atoms with Crippen molar-refractivity contribution in [2.24, 2.45) is 0 Å². The second-order valence-electron chi connectivity index (χ2n) is 3.00. The maximum atomic E-state index is 5.61. The molecule has 1 nitrogen and oxygen atoms in total. The molecule has 2 rings (SSSR count). The molecule has 0 saturated heterocycles. The summed E-state index contributed by atoms with van der Waals surface area (Å²) in [6, 6.07) is 8.19. The third-order valence-corrected chi connectivity index (χ3v) is 2.75. The zero-order valence-corrected chi connectivity index (χ0v) is 8.88. The molecule has 0 aromatic heterocycles.